The molecule has 2 atom stereocenters. The van der Waals surface area contributed by atoms with Crippen LogP contribution in [0.25, 0.3) is 0 Å². The molecule has 2 nitrogen and oxygen atoms in total. The van der Waals surface area contributed by atoms with Crippen molar-refractivity contribution in [3.63, 3.8) is 0 Å². The molecule has 0 aromatic heterocycles. The van der Waals surface area contributed by atoms with E-state index in [0.29, 0.717) is 12.5 Å². The highest BCUT2D eigenvalue weighted by Crippen LogP contribution is 2.33. The Morgan fingerprint density at radius 3 is 2.79 bits per heavy atom. The number of rotatable bonds is 4. The minimum atomic E-state index is -0.198. The van der Waals surface area contributed by atoms with E-state index in [1.807, 2.05) is 0 Å². The maximum atomic E-state index is 13.5. The van der Waals surface area contributed by atoms with Gasteiger partial charge in [-0.15, -0.1) is 0 Å². The van der Waals surface area contributed by atoms with Crippen LogP contribution in [0.15, 0.2) is 22.7 Å². The van der Waals surface area contributed by atoms with Gasteiger partial charge in [-0.2, -0.15) is 0 Å². The molecule has 1 aliphatic heterocycles. The van der Waals surface area contributed by atoms with Crippen LogP contribution in [0.1, 0.15) is 31.9 Å². The molecule has 0 radical (unpaired) electrons. The highest BCUT2D eigenvalue weighted by Gasteiger charge is 2.30. The maximum absolute atomic E-state index is 13.5. The Hall–Kier alpha value is -0.450. The summed E-state index contributed by atoms with van der Waals surface area (Å²) in [7, 11) is 0. The smallest absolute Gasteiger partial charge is 0.123 e. The van der Waals surface area contributed by atoms with Crippen molar-refractivity contribution >= 4 is 15.9 Å². The zero-order chi connectivity index (χ0) is 14.0. The Kier molecular flexibility index (Phi) is 4.98. The number of likely N-dealkylation sites (tertiary alicyclic amines) is 1. The summed E-state index contributed by atoms with van der Waals surface area (Å²) in [4.78, 5) is 2.39. The molecule has 19 heavy (non-hydrogen) atoms. The molecule has 1 aliphatic rings. The lowest BCUT2D eigenvalue weighted by Gasteiger charge is -2.28. The summed E-state index contributed by atoms with van der Waals surface area (Å²) in [6, 6.07) is 4.95. The molecule has 1 heterocycles. The standard InChI is InChI=1S/C15H22BrFN2/c1-10(2)11-5-6-19(9-11)15(8-18)13-7-12(17)3-4-14(13)16/h3-4,7,10-11,15H,5-6,8-9,18H2,1-2H3. The zero-order valence-corrected chi connectivity index (χ0v) is 13.2. The number of hydrogen-bond donors (Lipinski definition) is 1. The molecule has 0 aliphatic carbocycles. The fourth-order valence-electron chi connectivity index (χ4n) is 2.89. The Morgan fingerprint density at radius 2 is 2.21 bits per heavy atom. The number of nitrogens with two attached hydrogens (primary N) is 1. The maximum Gasteiger partial charge on any atom is 0.123 e. The normalized spacial score (nSPS) is 22.1. The topological polar surface area (TPSA) is 29.3 Å². The van der Waals surface area contributed by atoms with Gasteiger partial charge in [0.05, 0.1) is 0 Å². The van der Waals surface area contributed by atoms with Crippen molar-refractivity contribution in [2.75, 3.05) is 19.6 Å². The third kappa shape index (κ3) is 3.36. The minimum absolute atomic E-state index is 0.105. The van der Waals surface area contributed by atoms with E-state index < -0.39 is 0 Å². The van der Waals surface area contributed by atoms with Crippen LogP contribution in [0.4, 0.5) is 4.39 Å². The van der Waals surface area contributed by atoms with Gasteiger partial charge in [-0.1, -0.05) is 29.8 Å². The summed E-state index contributed by atoms with van der Waals surface area (Å²) in [5.41, 5.74) is 6.90. The lowest BCUT2D eigenvalue weighted by molar-refractivity contribution is 0.231. The Balaban J connectivity index is 2.19. The summed E-state index contributed by atoms with van der Waals surface area (Å²) < 4.78 is 14.4. The first kappa shape index (κ1) is 14.9. The van der Waals surface area contributed by atoms with E-state index >= 15 is 0 Å². The van der Waals surface area contributed by atoms with Crippen LogP contribution in [0, 0.1) is 17.7 Å². The van der Waals surface area contributed by atoms with Gasteiger partial charge in [0.2, 0.25) is 0 Å². The molecule has 1 saturated heterocycles. The van der Waals surface area contributed by atoms with Gasteiger partial charge in [0.1, 0.15) is 5.82 Å². The molecule has 0 saturated carbocycles. The highest BCUT2D eigenvalue weighted by atomic mass is 79.9. The molecule has 1 aromatic rings. The molecule has 106 valence electrons. The molecule has 4 heteroatoms. The Morgan fingerprint density at radius 1 is 1.47 bits per heavy atom. The average molecular weight is 329 g/mol. The summed E-state index contributed by atoms with van der Waals surface area (Å²) >= 11 is 3.51. The minimum Gasteiger partial charge on any atom is -0.329 e. The van der Waals surface area contributed by atoms with Crippen molar-refractivity contribution in [3.8, 4) is 0 Å². The van der Waals surface area contributed by atoms with E-state index in [9.17, 15) is 4.39 Å². The van der Waals surface area contributed by atoms with E-state index in [2.05, 4.69) is 34.7 Å². The molecule has 1 aromatic carbocycles. The molecule has 1 fully saturated rings. The first-order valence-corrected chi connectivity index (χ1v) is 7.71. The predicted molar refractivity (Wildman–Crippen MR) is 80.4 cm³/mol. The molecule has 2 rings (SSSR count). The Labute approximate surface area is 123 Å². The number of halogens is 2. The molecule has 0 amide bonds. The monoisotopic (exact) mass is 328 g/mol. The molecular weight excluding hydrogens is 307 g/mol. The van der Waals surface area contributed by atoms with E-state index in [-0.39, 0.29) is 11.9 Å². The van der Waals surface area contributed by atoms with Crippen molar-refractivity contribution < 1.29 is 4.39 Å². The second-order valence-corrected chi connectivity index (χ2v) is 6.56. The fourth-order valence-corrected chi connectivity index (χ4v) is 3.40. The van der Waals surface area contributed by atoms with Gasteiger partial charge in [-0.3, -0.25) is 4.90 Å². The first-order chi connectivity index (χ1) is 9.02. The van der Waals surface area contributed by atoms with Crippen molar-refractivity contribution in [1.29, 1.82) is 0 Å². The second kappa shape index (κ2) is 6.33. The van der Waals surface area contributed by atoms with Gasteiger partial charge < -0.3 is 5.73 Å². The van der Waals surface area contributed by atoms with Gasteiger partial charge >= 0.3 is 0 Å². The summed E-state index contributed by atoms with van der Waals surface area (Å²) in [6.45, 7) is 7.16. The number of hydrogen-bond acceptors (Lipinski definition) is 2. The van der Waals surface area contributed by atoms with Crippen LogP contribution in [0.2, 0.25) is 0 Å². The lowest BCUT2D eigenvalue weighted by Crippen LogP contribution is -2.32. The van der Waals surface area contributed by atoms with Gasteiger partial charge in [-0.25, -0.2) is 4.39 Å². The van der Waals surface area contributed by atoms with E-state index in [4.69, 9.17) is 5.73 Å². The van der Waals surface area contributed by atoms with Crippen molar-refractivity contribution in [3.05, 3.63) is 34.1 Å². The van der Waals surface area contributed by atoms with Gasteiger partial charge in [0.25, 0.3) is 0 Å². The lowest BCUT2D eigenvalue weighted by atomic mass is 9.95. The van der Waals surface area contributed by atoms with E-state index in [0.717, 1.165) is 29.0 Å². The summed E-state index contributed by atoms with van der Waals surface area (Å²) in [5, 5.41) is 0. The van der Waals surface area contributed by atoms with Crippen LogP contribution in [0.5, 0.6) is 0 Å². The third-order valence-electron chi connectivity index (χ3n) is 4.18. The van der Waals surface area contributed by atoms with Gasteiger partial charge in [0, 0.05) is 23.6 Å². The van der Waals surface area contributed by atoms with Crippen LogP contribution in [0.3, 0.4) is 0 Å². The van der Waals surface area contributed by atoms with Crippen molar-refractivity contribution in [2.45, 2.75) is 26.3 Å². The van der Waals surface area contributed by atoms with Gasteiger partial charge in [-0.05, 0) is 48.6 Å². The van der Waals surface area contributed by atoms with E-state index in [1.54, 1.807) is 12.1 Å². The summed E-state index contributed by atoms with van der Waals surface area (Å²) in [6.07, 6.45) is 1.21. The quantitative estimate of drug-likeness (QED) is 0.915. The van der Waals surface area contributed by atoms with Gasteiger partial charge in [0.15, 0.2) is 0 Å². The molecule has 0 bridgehead atoms. The number of nitrogens with zero attached hydrogens (tertiary/aromatic N) is 1. The molecule has 0 spiro atoms. The third-order valence-corrected chi connectivity index (χ3v) is 4.90. The van der Waals surface area contributed by atoms with Crippen LogP contribution >= 0.6 is 15.9 Å². The van der Waals surface area contributed by atoms with Crippen LogP contribution < -0.4 is 5.73 Å². The average Bonchev–Trinajstić information content (AvgIpc) is 2.84. The largest absolute Gasteiger partial charge is 0.329 e. The van der Waals surface area contributed by atoms with Crippen molar-refractivity contribution in [2.24, 2.45) is 17.6 Å². The van der Waals surface area contributed by atoms with Crippen molar-refractivity contribution in [1.82, 2.24) is 4.90 Å². The molecule has 2 unspecified atom stereocenters. The van der Waals surface area contributed by atoms with Crippen LogP contribution in [-0.2, 0) is 0 Å². The predicted octanol–water partition coefficient (Wildman–Crippen LogP) is 3.57. The fraction of sp³-hybridized carbons (Fsp3) is 0.600. The first-order valence-electron chi connectivity index (χ1n) is 6.92. The zero-order valence-electron chi connectivity index (χ0n) is 11.6. The number of benzene rings is 1. The molecule has 2 N–H and O–H groups in total. The molecular formula is C15H22BrFN2. The highest BCUT2D eigenvalue weighted by molar-refractivity contribution is 9.10. The van der Waals surface area contributed by atoms with Crippen LogP contribution in [-0.4, -0.2) is 24.5 Å². The second-order valence-electron chi connectivity index (χ2n) is 5.71. The SMILES string of the molecule is CC(C)C1CCN(C(CN)c2cc(F)ccc2Br)C1. The summed E-state index contributed by atoms with van der Waals surface area (Å²) in [5.74, 6) is 1.22. The Bertz CT molecular complexity index is 436. The van der Waals surface area contributed by atoms with E-state index in [1.165, 1.54) is 12.5 Å².